The fourth-order valence-electron chi connectivity index (χ4n) is 3.19. The molecule has 2 saturated heterocycles. The Hall–Kier alpha value is -1.63. The summed E-state index contributed by atoms with van der Waals surface area (Å²) in [6, 6.07) is 0. The van der Waals surface area contributed by atoms with Crippen molar-refractivity contribution in [2.45, 2.75) is 25.7 Å². The molecule has 2 rings (SSSR count). The zero-order valence-corrected chi connectivity index (χ0v) is 12.0. The van der Waals surface area contributed by atoms with Crippen LogP contribution in [0.25, 0.3) is 0 Å². The van der Waals surface area contributed by atoms with Gasteiger partial charge in [0.1, 0.15) is 0 Å². The van der Waals surface area contributed by atoms with Crippen molar-refractivity contribution in [1.82, 2.24) is 10.2 Å². The molecule has 0 aromatic rings. The number of piperidine rings is 2. The number of rotatable bonds is 4. The van der Waals surface area contributed by atoms with Gasteiger partial charge in [0.2, 0.25) is 5.91 Å². The minimum Gasteiger partial charge on any atom is -0.481 e. The van der Waals surface area contributed by atoms with Crippen molar-refractivity contribution < 1.29 is 24.6 Å². The standard InChI is InChI=1S/C14H22N2O5/c17-12(7-9-1-4-15-5-2-9)16-6-3-10(13(18)19)11(8-16)14(20)21/h9-11,15H,1-8H2,(H,18,19)(H,20,21). The van der Waals surface area contributed by atoms with Crippen LogP contribution in [0, 0.1) is 17.8 Å². The summed E-state index contributed by atoms with van der Waals surface area (Å²) in [7, 11) is 0. The lowest BCUT2D eigenvalue weighted by atomic mass is 9.85. The zero-order chi connectivity index (χ0) is 15.4. The average molecular weight is 298 g/mol. The molecule has 2 aliphatic rings. The lowest BCUT2D eigenvalue weighted by molar-refractivity contribution is -0.159. The quantitative estimate of drug-likeness (QED) is 0.675. The largest absolute Gasteiger partial charge is 0.481 e. The Morgan fingerprint density at radius 3 is 2.19 bits per heavy atom. The molecule has 2 heterocycles. The third-order valence-corrected chi connectivity index (χ3v) is 4.52. The van der Waals surface area contributed by atoms with Gasteiger partial charge in [-0.3, -0.25) is 14.4 Å². The van der Waals surface area contributed by atoms with Crippen LogP contribution in [-0.2, 0) is 14.4 Å². The number of carboxylic acid groups (broad SMARTS) is 2. The number of carboxylic acids is 2. The highest BCUT2D eigenvalue weighted by Gasteiger charge is 2.40. The summed E-state index contributed by atoms with van der Waals surface area (Å²) in [6.07, 6.45) is 2.56. The lowest BCUT2D eigenvalue weighted by Gasteiger charge is -2.35. The number of hydrogen-bond acceptors (Lipinski definition) is 4. The third-order valence-electron chi connectivity index (χ3n) is 4.52. The van der Waals surface area contributed by atoms with Crippen LogP contribution in [-0.4, -0.2) is 59.1 Å². The van der Waals surface area contributed by atoms with Gasteiger partial charge in [0.15, 0.2) is 0 Å². The number of likely N-dealkylation sites (tertiary alicyclic amines) is 1. The van der Waals surface area contributed by atoms with Gasteiger partial charge in [0, 0.05) is 19.5 Å². The molecule has 0 aliphatic carbocycles. The predicted octanol–water partition coefficient (Wildman–Crippen LogP) is 0.0100. The first-order valence-electron chi connectivity index (χ1n) is 7.43. The molecule has 2 unspecified atom stereocenters. The van der Waals surface area contributed by atoms with Crippen molar-refractivity contribution in [3.05, 3.63) is 0 Å². The van der Waals surface area contributed by atoms with Gasteiger partial charge in [-0.1, -0.05) is 0 Å². The van der Waals surface area contributed by atoms with E-state index in [-0.39, 0.29) is 18.9 Å². The fourth-order valence-corrected chi connectivity index (χ4v) is 3.19. The molecule has 0 aromatic carbocycles. The van der Waals surface area contributed by atoms with Gasteiger partial charge in [-0.2, -0.15) is 0 Å². The summed E-state index contributed by atoms with van der Waals surface area (Å²) in [5, 5.41) is 21.5. The van der Waals surface area contributed by atoms with E-state index in [2.05, 4.69) is 5.32 Å². The summed E-state index contributed by atoms with van der Waals surface area (Å²) in [6.45, 7) is 2.17. The Bertz CT molecular complexity index is 420. The first-order valence-corrected chi connectivity index (χ1v) is 7.43. The summed E-state index contributed by atoms with van der Waals surface area (Å²) in [5.41, 5.74) is 0. The number of carbonyl (C=O) groups is 3. The monoisotopic (exact) mass is 298 g/mol. The molecular formula is C14H22N2O5. The van der Waals surface area contributed by atoms with Crippen molar-refractivity contribution in [2.24, 2.45) is 17.8 Å². The molecule has 1 amide bonds. The first kappa shape index (κ1) is 15.8. The van der Waals surface area contributed by atoms with Crippen molar-refractivity contribution in [3.8, 4) is 0 Å². The molecule has 0 bridgehead atoms. The van der Waals surface area contributed by atoms with E-state index in [0.29, 0.717) is 18.9 Å². The Morgan fingerprint density at radius 2 is 1.62 bits per heavy atom. The van der Waals surface area contributed by atoms with Crippen LogP contribution in [0.3, 0.4) is 0 Å². The van der Waals surface area contributed by atoms with Crippen LogP contribution < -0.4 is 5.32 Å². The predicted molar refractivity (Wildman–Crippen MR) is 73.7 cm³/mol. The summed E-state index contributed by atoms with van der Waals surface area (Å²) in [5.74, 6) is -3.83. The SMILES string of the molecule is O=C(O)C1CCN(C(=O)CC2CCNCC2)CC1C(=O)O. The highest BCUT2D eigenvalue weighted by Crippen LogP contribution is 2.26. The van der Waals surface area contributed by atoms with Crippen molar-refractivity contribution in [3.63, 3.8) is 0 Å². The number of aliphatic carboxylic acids is 2. The van der Waals surface area contributed by atoms with E-state index in [9.17, 15) is 14.4 Å². The molecule has 7 heteroatoms. The van der Waals surface area contributed by atoms with E-state index in [0.717, 1.165) is 25.9 Å². The number of nitrogens with one attached hydrogen (secondary N) is 1. The topological polar surface area (TPSA) is 107 Å². The van der Waals surface area contributed by atoms with Gasteiger partial charge in [-0.25, -0.2) is 0 Å². The van der Waals surface area contributed by atoms with Gasteiger partial charge >= 0.3 is 11.9 Å². The molecular weight excluding hydrogens is 276 g/mol. The molecule has 0 aromatic heterocycles. The minimum atomic E-state index is -1.14. The lowest BCUT2D eigenvalue weighted by Crippen LogP contribution is -2.49. The second-order valence-electron chi connectivity index (χ2n) is 5.92. The van der Waals surface area contributed by atoms with Gasteiger partial charge < -0.3 is 20.4 Å². The fraction of sp³-hybridized carbons (Fsp3) is 0.786. The summed E-state index contributed by atoms with van der Waals surface area (Å²) >= 11 is 0. The third kappa shape index (κ3) is 3.93. The zero-order valence-electron chi connectivity index (χ0n) is 12.0. The van der Waals surface area contributed by atoms with E-state index < -0.39 is 23.8 Å². The molecule has 2 atom stereocenters. The molecule has 2 aliphatic heterocycles. The summed E-state index contributed by atoms with van der Waals surface area (Å²) in [4.78, 5) is 36.1. The van der Waals surface area contributed by atoms with Crippen molar-refractivity contribution in [2.75, 3.05) is 26.2 Å². The van der Waals surface area contributed by atoms with Crippen molar-refractivity contribution >= 4 is 17.8 Å². The molecule has 21 heavy (non-hydrogen) atoms. The number of amides is 1. The van der Waals surface area contributed by atoms with Crippen LogP contribution in [0.1, 0.15) is 25.7 Å². The number of hydrogen-bond donors (Lipinski definition) is 3. The molecule has 3 N–H and O–H groups in total. The molecule has 7 nitrogen and oxygen atoms in total. The maximum absolute atomic E-state index is 12.3. The highest BCUT2D eigenvalue weighted by atomic mass is 16.4. The van der Waals surface area contributed by atoms with E-state index in [4.69, 9.17) is 10.2 Å². The smallest absolute Gasteiger partial charge is 0.309 e. The van der Waals surface area contributed by atoms with Gasteiger partial charge in [0.25, 0.3) is 0 Å². The maximum Gasteiger partial charge on any atom is 0.309 e. The maximum atomic E-state index is 12.3. The number of nitrogens with zero attached hydrogens (tertiary/aromatic N) is 1. The van der Waals surface area contributed by atoms with Crippen LogP contribution in [0.2, 0.25) is 0 Å². The first-order chi connectivity index (χ1) is 9.99. The van der Waals surface area contributed by atoms with E-state index in [1.165, 1.54) is 4.90 Å². The number of carbonyl (C=O) groups excluding carboxylic acids is 1. The molecule has 2 fully saturated rings. The molecule has 0 spiro atoms. The van der Waals surface area contributed by atoms with Crippen LogP contribution >= 0.6 is 0 Å². The molecule has 118 valence electrons. The van der Waals surface area contributed by atoms with Gasteiger partial charge in [-0.05, 0) is 38.3 Å². The van der Waals surface area contributed by atoms with Crippen LogP contribution in [0.5, 0.6) is 0 Å². The Balaban J connectivity index is 1.93. The second kappa shape index (κ2) is 6.89. The van der Waals surface area contributed by atoms with Gasteiger partial charge in [0.05, 0.1) is 11.8 Å². The Kier molecular flexibility index (Phi) is 5.17. The Labute approximate surface area is 123 Å². The van der Waals surface area contributed by atoms with Gasteiger partial charge in [-0.15, -0.1) is 0 Å². The molecule has 0 saturated carbocycles. The van der Waals surface area contributed by atoms with E-state index in [1.54, 1.807) is 0 Å². The summed E-state index contributed by atoms with van der Waals surface area (Å²) < 4.78 is 0. The van der Waals surface area contributed by atoms with E-state index >= 15 is 0 Å². The highest BCUT2D eigenvalue weighted by molar-refractivity contribution is 5.82. The molecule has 0 radical (unpaired) electrons. The second-order valence-corrected chi connectivity index (χ2v) is 5.92. The van der Waals surface area contributed by atoms with Crippen LogP contribution in [0.15, 0.2) is 0 Å². The van der Waals surface area contributed by atoms with Crippen molar-refractivity contribution in [1.29, 1.82) is 0 Å². The van der Waals surface area contributed by atoms with E-state index in [1.807, 2.05) is 0 Å². The van der Waals surface area contributed by atoms with Crippen LogP contribution in [0.4, 0.5) is 0 Å². The normalized spacial score (nSPS) is 27.3. The Morgan fingerprint density at radius 1 is 1.00 bits per heavy atom. The minimum absolute atomic E-state index is 0.0100. The average Bonchev–Trinajstić information content (AvgIpc) is 2.47.